The summed E-state index contributed by atoms with van der Waals surface area (Å²) in [5.41, 5.74) is 2.16. The predicted molar refractivity (Wildman–Crippen MR) is 154 cm³/mol. The van der Waals surface area contributed by atoms with Crippen molar-refractivity contribution in [3.8, 4) is 16.5 Å². The fourth-order valence-corrected chi connectivity index (χ4v) is 6.60. The van der Waals surface area contributed by atoms with Crippen LogP contribution in [0.3, 0.4) is 0 Å². The van der Waals surface area contributed by atoms with E-state index in [4.69, 9.17) is 4.74 Å². The van der Waals surface area contributed by atoms with E-state index in [-0.39, 0.29) is 6.54 Å². The number of thiophene rings is 1. The van der Waals surface area contributed by atoms with Crippen molar-refractivity contribution in [2.75, 3.05) is 24.5 Å². The van der Waals surface area contributed by atoms with Gasteiger partial charge in [-0.1, -0.05) is 18.2 Å². The number of anilines is 1. The number of nitriles is 1. The summed E-state index contributed by atoms with van der Waals surface area (Å²) in [5, 5.41) is 41.7. The standard InChI is InChI=1S/C28H33N3O6S2/c1-4-31(5-2)21-9-8-18-12-20(7-6-19(18)13-21)25-11-10-22(38-25)14-23(15-29)39(35,36)30-16-24-27(33)28(34)26(32)17(3)37-24/h6-14,17,24,26-28,30,32-34H,4-5,16H2,1-3H3/b23-14+/t17?,24-,26+,27-,28-/m1/s1. The fourth-order valence-electron chi connectivity index (χ4n) is 4.63. The van der Waals surface area contributed by atoms with Gasteiger partial charge in [0.15, 0.2) is 4.91 Å². The Hall–Kier alpha value is -2.82. The zero-order valence-corrected chi connectivity index (χ0v) is 23.6. The van der Waals surface area contributed by atoms with E-state index in [1.165, 1.54) is 30.0 Å². The molecule has 11 heteroatoms. The molecule has 2 aromatic carbocycles. The van der Waals surface area contributed by atoms with Crippen LogP contribution >= 0.6 is 11.3 Å². The lowest BCUT2D eigenvalue weighted by Crippen LogP contribution is -2.59. The summed E-state index contributed by atoms with van der Waals surface area (Å²) in [4.78, 5) is 3.32. The number of benzene rings is 2. The van der Waals surface area contributed by atoms with Gasteiger partial charge in [0.05, 0.1) is 6.10 Å². The second-order valence-electron chi connectivity index (χ2n) is 9.44. The third-order valence-corrected chi connectivity index (χ3v) is 9.38. The number of allylic oxidation sites excluding steroid dienone is 1. The molecule has 4 N–H and O–H groups in total. The van der Waals surface area contributed by atoms with Crippen LogP contribution in [-0.4, -0.2) is 73.9 Å². The van der Waals surface area contributed by atoms with Crippen LogP contribution < -0.4 is 9.62 Å². The summed E-state index contributed by atoms with van der Waals surface area (Å²) in [7, 11) is -4.22. The molecule has 3 aromatic rings. The Morgan fingerprint density at radius 3 is 2.44 bits per heavy atom. The number of nitrogens with zero attached hydrogens (tertiary/aromatic N) is 2. The quantitative estimate of drug-likeness (QED) is 0.287. The van der Waals surface area contributed by atoms with Crippen molar-refractivity contribution < 1.29 is 28.5 Å². The maximum atomic E-state index is 12.8. The molecule has 1 aliphatic rings. The van der Waals surface area contributed by atoms with E-state index in [2.05, 4.69) is 53.8 Å². The molecule has 0 spiro atoms. The van der Waals surface area contributed by atoms with E-state index in [0.717, 1.165) is 34.3 Å². The molecule has 1 saturated heterocycles. The minimum Gasteiger partial charge on any atom is -0.388 e. The molecule has 39 heavy (non-hydrogen) atoms. The molecule has 0 bridgehead atoms. The predicted octanol–water partition coefficient (Wildman–Crippen LogP) is 3.07. The SMILES string of the molecule is CCN(CC)c1ccc2cc(-c3ccc(/C=C(\C#N)S(=O)(=O)NC[C@H]4OC(C)[C@H](O)[C@@H](O)[C@@H]4O)s3)ccc2c1. The van der Waals surface area contributed by atoms with Gasteiger partial charge in [0.25, 0.3) is 10.0 Å². The number of hydrogen-bond donors (Lipinski definition) is 4. The summed E-state index contributed by atoms with van der Waals surface area (Å²) in [6, 6.07) is 17.9. The van der Waals surface area contributed by atoms with Crippen molar-refractivity contribution >= 4 is 43.9 Å². The van der Waals surface area contributed by atoms with Gasteiger partial charge in [0.1, 0.15) is 30.5 Å². The smallest absolute Gasteiger partial charge is 0.250 e. The zero-order valence-electron chi connectivity index (χ0n) is 22.0. The lowest BCUT2D eigenvalue weighted by molar-refractivity contribution is -0.214. The van der Waals surface area contributed by atoms with Gasteiger partial charge >= 0.3 is 0 Å². The Morgan fingerprint density at radius 1 is 1.05 bits per heavy atom. The van der Waals surface area contributed by atoms with Crippen LogP contribution in [0.1, 0.15) is 25.6 Å². The van der Waals surface area contributed by atoms with Gasteiger partial charge in [-0.3, -0.25) is 0 Å². The average Bonchev–Trinajstić information content (AvgIpc) is 3.41. The van der Waals surface area contributed by atoms with Crippen molar-refractivity contribution in [1.29, 1.82) is 5.26 Å². The molecular formula is C28H33N3O6S2. The van der Waals surface area contributed by atoms with Gasteiger partial charge in [-0.05, 0) is 73.5 Å². The molecule has 1 aromatic heterocycles. The minimum absolute atomic E-state index is 0.376. The molecule has 9 nitrogen and oxygen atoms in total. The lowest BCUT2D eigenvalue weighted by atomic mass is 9.96. The monoisotopic (exact) mass is 571 g/mol. The van der Waals surface area contributed by atoms with Gasteiger partial charge in [0.2, 0.25) is 0 Å². The van der Waals surface area contributed by atoms with E-state index in [1.54, 1.807) is 12.1 Å². The van der Waals surface area contributed by atoms with E-state index >= 15 is 0 Å². The van der Waals surface area contributed by atoms with Crippen molar-refractivity contribution in [2.24, 2.45) is 0 Å². The number of aliphatic hydroxyl groups is 3. The molecule has 1 aliphatic heterocycles. The van der Waals surface area contributed by atoms with Crippen LogP contribution in [0.4, 0.5) is 5.69 Å². The third-order valence-electron chi connectivity index (χ3n) is 6.96. The Balaban J connectivity index is 1.50. The average molecular weight is 572 g/mol. The molecule has 4 rings (SSSR count). The number of nitrogens with one attached hydrogen (secondary N) is 1. The molecule has 1 unspecified atom stereocenters. The van der Waals surface area contributed by atoms with E-state index < -0.39 is 45.4 Å². The van der Waals surface area contributed by atoms with Crippen LogP contribution in [0, 0.1) is 11.3 Å². The molecule has 0 radical (unpaired) electrons. The molecule has 208 valence electrons. The highest BCUT2D eigenvalue weighted by molar-refractivity contribution is 7.93. The number of aliphatic hydroxyl groups excluding tert-OH is 3. The summed E-state index contributed by atoms with van der Waals surface area (Å²) < 4.78 is 33.4. The molecular weight excluding hydrogens is 538 g/mol. The zero-order chi connectivity index (χ0) is 28.3. The first-order chi connectivity index (χ1) is 18.6. The van der Waals surface area contributed by atoms with Crippen molar-refractivity contribution in [2.45, 2.75) is 51.3 Å². The highest BCUT2D eigenvalue weighted by Crippen LogP contribution is 2.33. The molecule has 0 amide bonds. The maximum Gasteiger partial charge on any atom is 0.250 e. The largest absolute Gasteiger partial charge is 0.388 e. The van der Waals surface area contributed by atoms with E-state index in [1.807, 2.05) is 12.1 Å². The van der Waals surface area contributed by atoms with Crippen LogP contribution in [0.2, 0.25) is 0 Å². The summed E-state index contributed by atoms with van der Waals surface area (Å²) >= 11 is 1.36. The van der Waals surface area contributed by atoms with Crippen LogP contribution in [0.5, 0.6) is 0 Å². The second-order valence-corrected chi connectivity index (χ2v) is 12.3. The number of ether oxygens (including phenoxy) is 1. The van der Waals surface area contributed by atoms with Crippen LogP contribution in [-0.2, 0) is 14.8 Å². The molecule has 1 fully saturated rings. The molecule has 0 saturated carbocycles. The number of fused-ring (bicyclic) bond motifs is 1. The fraction of sp³-hybridized carbons (Fsp3) is 0.393. The van der Waals surface area contributed by atoms with Gasteiger partial charge in [-0.2, -0.15) is 5.26 Å². The van der Waals surface area contributed by atoms with Crippen LogP contribution in [0.25, 0.3) is 27.3 Å². The first-order valence-corrected chi connectivity index (χ1v) is 15.1. The molecule has 0 aliphatic carbocycles. The third kappa shape index (κ3) is 6.34. The summed E-state index contributed by atoms with van der Waals surface area (Å²) in [6.45, 7) is 7.27. The van der Waals surface area contributed by atoms with Crippen molar-refractivity contribution in [3.05, 3.63) is 58.3 Å². The van der Waals surface area contributed by atoms with Crippen molar-refractivity contribution in [3.63, 3.8) is 0 Å². The van der Waals surface area contributed by atoms with Gasteiger partial charge in [-0.15, -0.1) is 11.3 Å². The maximum absolute atomic E-state index is 12.8. The Bertz CT molecular complexity index is 1490. The minimum atomic E-state index is -4.22. The molecule has 2 heterocycles. The Labute approximate surface area is 232 Å². The van der Waals surface area contributed by atoms with Gasteiger partial charge < -0.3 is 25.0 Å². The first-order valence-electron chi connectivity index (χ1n) is 12.8. The van der Waals surface area contributed by atoms with Gasteiger partial charge in [-0.25, -0.2) is 13.1 Å². The Morgan fingerprint density at radius 2 is 1.74 bits per heavy atom. The van der Waals surface area contributed by atoms with Crippen molar-refractivity contribution in [1.82, 2.24) is 4.72 Å². The number of rotatable bonds is 9. The number of sulfonamides is 1. The summed E-state index contributed by atoms with van der Waals surface area (Å²) in [6.07, 6.45) is -4.83. The first kappa shape index (κ1) is 29.2. The highest BCUT2D eigenvalue weighted by atomic mass is 32.2. The highest BCUT2D eigenvalue weighted by Gasteiger charge is 2.42. The lowest BCUT2D eigenvalue weighted by Gasteiger charge is -2.39. The van der Waals surface area contributed by atoms with Crippen LogP contribution in [0.15, 0.2) is 53.4 Å². The summed E-state index contributed by atoms with van der Waals surface area (Å²) in [5.74, 6) is 0. The number of hydrogen-bond acceptors (Lipinski definition) is 9. The van der Waals surface area contributed by atoms with E-state index in [0.29, 0.717) is 4.88 Å². The molecule has 5 atom stereocenters. The second kappa shape index (κ2) is 12.1. The topological polar surface area (TPSA) is 143 Å². The van der Waals surface area contributed by atoms with E-state index in [9.17, 15) is 29.0 Å². The Kier molecular flexibility index (Phi) is 9.08. The van der Waals surface area contributed by atoms with Gasteiger partial charge in [0, 0.05) is 35.1 Å². The normalized spacial score (nSPS) is 24.0.